The van der Waals surface area contributed by atoms with Gasteiger partial charge in [0.15, 0.2) is 0 Å². The Hall–Kier alpha value is -0.410. The molecule has 0 aromatic carbocycles. The SMILES string of the molecule is CNCC(C)C(=O)C1CCOC2(CCCC2)C1. The van der Waals surface area contributed by atoms with Crippen molar-refractivity contribution >= 4 is 5.78 Å². The number of ether oxygens (including phenoxy) is 1. The molecule has 1 heterocycles. The number of hydrogen-bond acceptors (Lipinski definition) is 3. The van der Waals surface area contributed by atoms with Gasteiger partial charge in [-0.15, -0.1) is 0 Å². The summed E-state index contributed by atoms with van der Waals surface area (Å²) >= 11 is 0. The van der Waals surface area contributed by atoms with Crippen LogP contribution in [0, 0.1) is 11.8 Å². The zero-order chi connectivity index (χ0) is 12.3. The van der Waals surface area contributed by atoms with Crippen LogP contribution in [0.25, 0.3) is 0 Å². The molecule has 0 aromatic rings. The smallest absolute Gasteiger partial charge is 0.140 e. The molecule has 2 rings (SSSR count). The molecule has 1 aliphatic carbocycles. The lowest BCUT2D eigenvalue weighted by Crippen LogP contribution is -2.42. The normalized spacial score (nSPS) is 29.4. The zero-order valence-electron chi connectivity index (χ0n) is 11.1. The van der Waals surface area contributed by atoms with Crippen LogP contribution in [0.2, 0.25) is 0 Å². The summed E-state index contributed by atoms with van der Waals surface area (Å²) in [6, 6.07) is 0. The maximum Gasteiger partial charge on any atom is 0.140 e. The van der Waals surface area contributed by atoms with E-state index in [1.807, 2.05) is 14.0 Å². The second-order valence-electron chi connectivity index (χ2n) is 5.79. The van der Waals surface area contributed by atoms with Crippen LogP contribution in [-0.4, -0.2) is 31.6 Å². The highest BCUT2D eigenvalue weighted by Crippen LogP contribution is 2.42. The highest BCUT2D eigenvalue weighted by molar-refractivity contribution is 5.83. The van der Waals surface area contributed by atoms with Crippen LogP contribution < -0.4 is 5.32 Å². The fraction of sp³-hybridized carbons (Fsp3) is 0.929. The van der Waals surface area contributed by atoms with E-state index in [0.29, 0.717) is 5.78 Å². The van der Waals surface area contributed by atoms with Crippen molar-refractivity contribution in [3.63, 3.8) is 0 Å². The molecule has 2 aliphatic rings. The molecule has 0 bridgehead atoms. The highest BCUT2D eigenvalue weighted by Gasteiger charge is 2.42. The van der Waals surface area contributed by atoms with E-state index in [1.54, 1.807) is 0 Å². The molecular formula is C14H25NO2. The first kappa shape index (κ1) is 13.0. The second-order valence-corrected chi connectivity index (χ2v) is 5.79. The summed E-state index contributed by atoms with van der Waals surface area (Å²) in [5.41, 5.74) is 0.0674. The molecule has 1 saturated carbocycles. The Morgan fingerprint density at radius 2 is 2.18 bits per heavy atom. The van der Waals surface area contributed by atoms with Crippen molar-refractivity contribution in [2.75, 3.05) is 20.2 Å². The third-order valence-electron chi connectivity index (χ3n) is 4.41. The summed E-state index contributed by atoms with van der Waals surface area (Å²) in [6.45, 7) is 3.61. The summed E-state index contributed by atoms with van der Waals surface area (Å²) < 4.78 is 5.98. The number of Topliss-reactive ketones (excluding diaryl/α,β-unsaturated/α-hetero) is 1. The lowest BCUT2D eigenvalue weighted by Gasteiger charge is -2.38. The molecule has 1 aliphatic heterocycles. The predicted octanol–water partition coefficient (Wildman–Crippen LogP) is 2.15. The average molecular weight is 239 g/mol. The number of rotatable bonds is 4. The summed E-state index contributed by atoms with van der Waals surface area (Å²) in [6.07, 6.45) is 6.77. The van der Waals surface area contributed by atoms with Crippen LogP contribution in [0.4, 0.5) is 0 Å². The van der Waals surface area contributed by atoms with Gasteiger partial charge in [-0.05, 0) is 32.7 Å². The van der Waals surface area contributed by atoms with Crippen molar-refractivity contribution in [2.45, 2.75) is 51.0 Å². The average Bonchev–Trinajstić information content (AvgIpc) is 2.76. The maximum atomic E-state index is 12.3. The van der Waals surface area contributed by atoms with Crippen LogP contribution in [-0.2, 0) is 9.53 Å². The van der Waals surface area contributed by atoms with Gasteiger partial charge in [0.25, 0.3) is 0 Å². The van der Waals surface area contributed by atoms with Crippen molar-refractivity contribution in [1.82, 2.24) is 5.32 Å². The first-order valence-corrected chi connectivity index (χ1v) is 6.99. The van der Waals surface area contributed by atoms with Gasteiger partial charge in [-0.3, -0.25) is 4.79 Å². The Labute approximate surface area is 104 Å². The number of ketones is 1. The van der Waals surface area contributed by atoms with Crippen LogP contribution in [0.3, 0.4) is 0 Å². The molecule has 2 unspecified atom stereocenters. The van der Waals surface area contributed by atoms with Crippen LogP contribution in [0.5, 0.6) is 0 Å². The Balaban J connectivity index is 1.94. The van der Waals surface area contributed by atoms with Gasteiger partial charge in [0.1, 0.15) is 5.78 Å². The minimum atomic E-state index is 0.0674. The molecule has 0 amide bonds. The molecule has 3 nitrogen and oxygen atoms in total. The van der Waals surface area contributed by atoms with Crippen LogP contribution in [0.1, 0.15) is 45.4 Å². The molecule has 3 heteroatoms. The molecule has 98 valence electrons. The van der Waals surface area contributed by atoms with E-state index in [-0.39, 0.29) is 17.4 Å². The lowest BCUT2D eigenvalue weighted by atomic mass is 9.79. The summed E-state index contributed by atoms with van der Waals surface area (Å²) in [4.78, 5) is 12.3. The number of nitrogens with one attached hydrogen (secondary N) is 1. The topological polar surface area (TPSA) is 38.3 Å². The van der Waals surface area contributed by atoms with Crippen LogP contribution >= 0.6 is 0 Å². The molecule has 17 heavy (non-hydrogen) atoms. The van der Waals surface area contributed by atoms with Gasteiger partial charge in [0.05, 0.1) is 5.60 Å². The quantitative estimate of drug-likeness (QED) is 0.817. The molecule has 2 fully saturated rings. The summed E-state index contributed by atoms with van der Waals surface area (Å²) in [5, 5.41) is 3.10. The Bertz CT molecular complexity index is 271. The zero-order valence-corrected chi connectivity index (χ0v) is 11.1. The molecule has 1 saturated heterocycles. The molecule has 1 spiro atoms. The monoisotopic (exact) mass is 239 g/mol. The van der Waals surface area contributed by atoms with Gasteiger partial charge < -0.3 is 10.1 Å². The fourth-order valence-corrected chi connectivity index (χ4v) is 3.45. The van der Waals surface area contributed by atoms with Crippen molar-refractivity contribution in [2.24, 2.45) is 11.8 Å². The van der Waals surface area contributed by atoms with Gasteiger partial charge >= 0.3 is 0 Å². The van der Waals surface area contributed by atoms with Gasteiger partial charge in [0, 0.05) is 25.0 Å². The lowest BCUT2D eigenvalue weighted by molar-refractivity contribution is -0.139. The molecule has 1 N–H and O–H groups in total. The Morgan fingerprint density at radius 3 is 2.82 bits per heavy atom. The minimum Gasteiger partial charge on any atom is -0.375 e. The molecular weight excluding hydrogens is 214 g/mol. The third kappa shape index (κ3) is 2.89. The van der Waals surface area contributed by atoms with Gasteiger partial charge in [-0.2, -0.15) is 0 Å². The minimum absolute atomic E-state index is 0.0674. The van der Waals surface area contributed by atoms with E-state index >= 15 is 0 Å². The second kappa shape index (κ2) is 5.49. The van der Waals surface area contributed by atoms with Gasteiger partial charge in [-0.25, -0.2) is 0 Å². The standard InChI is InChI=1S/C14H25NO2/c1-11(10-15-2)13(16)12-5-8-17-14(9-12)6-3-4-7-14/h11-12,15H,3-10H2,1-2H3. The van der Waals surface area contributed by atoms with E-state index in [9.17, 15) is 4.79 Å². The van der Waals surface area contributed by atoms with Gasteiger partial charge in [-0.1, -0.05) is 19.8 Å². The van der Waals surface area contributed by atoms with E-state index in [4.69, 9.17) is 4.74 Å². The first-order valence-electron chi connectivity index (χ1n) is 6.99. The first-order chi connectivity index (χ1) is 8.17. The third-order valence-corrected chi connectivity index (χ3v) is 4.41. The Kier molecular flexibility index (Phi) is 4.21. The molecule has 0 aromatic heterocycles. The molecule has 2 atom stereocenters. The van der Waals surface area contributed by atoms with E-state index in [2.05, 4.69) is 5.32 Å². The van der Waals surface area contributed by atoms with Crippen molar-refractivity contribution < 1.29 is 9.53 Å². The van der Waals surface area contributed by atoms with Crippen molar-refractivity contribution in [3.8, 4) is 0 Å². The number of carbonyl (C=O) groups is 1. The summed E-state index contributed by atoms with van der Waals surface area (Å²) in [7, 11) is 1.91. The van der Waals surface area contributed by atoms with E-state index in [1.165, 1.54) is 12.8 Å². The largest absolute Gasteiger partial charge is 0.375 e. The maximum absolute atomic E-state index is 12.3. The van der Waals surface area contributed by atoms with E-state index in [0.717, 1.165) is 38.8 Å². The highest BCUT2D eigenvalue weighted by atomic mass is 16.5. The van der Waals surface area contributed by atoms with Crippen molar-refractivity contribution in [3.05, 3.63) is 0 Å². The van der Waals surface area contributed by atoms with Crippen LogP contribution in [0.15, 0.2) is 0 Å². The summed E-state index contributed by atoms with van der Waals surface area (Å²) in [5.74, 6) is 0.820. The van der Waals surface area contributed by atoms with E-state index < -0.39 is 0 Å². The fourth-order valence-electron chi connectivity index (χ4n) is 3.45. The predicted molar refractivity (Wildman–Crippen MR) is 68.0 cm³/mol. The molecule has 0 radical (unpaired) electrons. The Morgan fingerprint density at radius 1 is 1.47 bits per heavy atom. The number of hydrogen-bond donors (Lipinski definition) is 1. The van der Waals surface area contributed by atoms with Crippen molar-refractivity contribution in [1.29, 1.82) is 0 Å². The number of carbonyl (C=O) groups excluding carboxylic acids is 1. The van der Waals surface area contributed by atoms with Gasteiger partial charge in [0.2, 0.25) is 0 Å².